The van der Waals surface area contributed by atoms with Gasteiger partial charge in [-0.3, -0.25) is 0 Å². The number of aromatic hydroxyl groups is 1. The molecule has 0 saturated heterocycles. The van der Waals surface area contributed by atoms with Gasteiger partial charge in [0.05, 0.1) is 5.56 Å². The van der Waals surface area contributed by atoms with Crippen LogP contribution in [0.3, 0.4) is 0 Å². The van der Waals surface area contributed by atoms with Gasteiger partial charge in [-0.2, -0.15) is 5.26 Å². The molecular formula is C21H20N4O2. The maximum Gasteiger partial charge on any atom is 0.248 e. The highest BCUT2D eigenvalue weighted by molar-refractivity contribution is 5.73. The Morgan fingerprint density at radius 1 is 1.22 bits per heavy atom. The average Bonchev–Trinajstić information content (AvgIpc) is 2.97. The van der Waals surface area contributed by atoms with Gasteiger partial charge in [0.15, 0.2) is 0 Å². The van der Waals surface area contributed by atoms with Gasteiger partial charge in [0.25, 0.3) is 0 Å². The van der Waals surface area contributed by atoms with Gasteiger partial charge in [0.2, 0.25) is 11.8 Å². The first-order chi connectivity index (χ1) is 12.9. The van der Waals surface area contributed by atoms with Gasteiger partial charge in [-0.25, -0.2) is 0 Å². The zero-order valence-corrected chi connectivity index (χ0v) is 15.1. The Hall–Kier alpha value is -3.17. The lowest BCUT2D eigenvalue weighted by atomic mass is 9.91. The summed E-state index contributed by atoms with van der Waals surface area (Å²) in [6.45, 7) is 2.09. The van der Waals surface area contributed by atoms with E-state index in [2.05, 4.69) is 29.3 Å². The average molecular weight is 360 g/mol. The summed E-state index contributed by atoms with van der Waals surface area (Å²) < 4.78 is 5.85. The Balaban J connectivity index is 1.68. The molecule has 136 valence electrons. The molecule has 0 spiro atoms. The van der Waals surface area contributed by atoms with E-state index >= 15 is 0 Å². The van der Waals surface area contributed by atoms with Crippen molar-refractivity contribution in [3.8, 4) is 23.3 Å². The first kappa shape index (κ1) is 17.3. The molecule has 4 rings (SSSR count). The highest BCUT2D eigenvalue weighted by atomic mass is 16.4. The maximum atomic E-state index is 9.65. The van der Waals surface area contributed by atoms with E-state index in [1.54, 1.807) is 6.07 Å². The van der Waals surface area contributed by atoms with Crippen molar-refractivity contribution in [1.29, 1.82) is 5.26 Å². The van der Waals surface area contributed by atoms with Crippen LogP contribution in [-0.4, -0.2) is 20.8 Å². The SMILES string of the molecule is C[C@]1(N)CCC2=CC=C(c3nnc(-c4ccc(O)c(C#N)c4)o3)C=C(C2)C1. The molecule has 6 heteroatoms. The second-order valence-electron chi connectivity index (χ2n) is 7.51. The van der Waals surface area contributed by atoms with Crippen LogP contribution in [0.4, 0.5) is 0 Å². The summed E-state index contributed by atoms with van der Waals surface area (Å²) in [5, 5.41) is 27.0. The number of nitrogens with zero attached hydrogens (tertiary/aromatic N) is 3. The number of nitriles is 1. The summed E-state index contributed by atoms with van der Waals surface area (Å²) in [6, 6.07) is 6.57. The number of fused-ring (bicyclic) bond motifs is 2. The Morgan fingerprint density at radius 3 is 2.85 bits per heavy atom. The molecule has 2 aliphatic rings. The molecule has 2 bridgehead atoms. The van der Waals surface area contributed by atoms with E-state index in [4.69, 9.17) is 15.4 Å². The van der Waals surface area contributed by atoms with E-state index in [1.165, 1.54) is 23.3 Å². The zero-order valence-electron chi connectivity index (χ0n) is 15.1. The van der Waals surface area contributed by atoms with E-state index < -0.39 is 0 Å². The summed E-state index contributed by atoms with van der Waals surface area (Å²) in [6.07, 6.45) is 9.97. The van der Waals surface area contributed by atoms with Crippen molar-refractivity contribution in [2.75, 3.05) is 0 Å². The van der Waals surface area contributed by atoms with Crippen molar-refractivity contribution < 1.29 is 9.52 Å². The molecule has 2 aromatic rings. The van der Waals surface area contributed by atoms with E-state index in [0.717, 1.165) is 31.3 Å². The van der Waals surface area contributed by atoms with Crippen molar-refractivity contribution in [2.24, 2.45) is 5.73 Å². The van der Waals surface area contributed by atoms with Gasteiger partial charge >= 0.3 is 0 Å². The normalized spacial score (nSPS) is 22.0. The number of nitrogens with two attached hydrogens (primary N) is 1. The van der Waals surface area contributed by atoms with Crippen molar-refractivity contribution in [3.63, 3.8) is 0 Å². The first-order valence-corrected chi connectivity index (χ1v) is 8.89. The summed E-state index contributed by atoms with van der Waals surface area (Å²) >= 11 is 0. The molecule has 3 N–H and O–H groups in total. The van der Waals surface area contributed by atoms with Crippen molar-refractivity contribution in [1.82, 2.24) is 10.2 Å². The fourth-order valence-corrected chi connectivity index (χ4v) is 3.56. The van der Waals surface area contributed by atoms with Gasteiger partial charge in [-0.15, -0.1) is 10.2 Å². The molecule has 0 radical (unpaired) electrons. The van der Waals surface area contributed by atoms with Gasteiger partial charge in [-0.1, -0.05) is 17.2 Å². The van der Waals surface area contributed by atoms with Crippen LogP contribution in [0.1, 0.15) is 44.1 Å². The first-order valence-electron chi connectivity index (χ1n) is 8.89. The lowest BCUT2D eigenvalue weighted by molar-refractivity contribution is 0.440. The number of allylic oxidation sites excluding steroid dienone is 5. The zero-order chi connectivity index (χ0) is 19.0. The monoisotopic (exact) mass is 360 g/mol. The van der Waals surface area contributed by atoms with Crippen LogP contribution in [0.25, 0.3) is 17.0 Å². The smallest absolute Gasteiger partial charge is 0.248 e. The molecule has 0 amide bonds. The third-order valence-electron chi connectivity index (χ3n) is 5.00. The molecule has 1 aromatic heterocycles. The Kier molecular flexibility index (Phi) is 4.17. The van der Waals surface area contributed by atoms with Crippen molar-refractivity contribution in [3.05, 3.63) is 59.0 Å². The quantitative estimate of drug-likeness (QED) is 0.842. The van der Waals surface area contributed by atoms with Crippen LogP contribution >= 0.6 is 0 Å². The minimum absolute atomic E-state index is 0.0722. The molecule has 6 nitrogen and oxygen atoms in total. The van der Waals surface area contributed by atoms with Crippen LogP contribution in [-0.2, 0) is 0 Å². The molecule has 1 atom stereocenters. The lowest BCUT2D eigenvalue weighted by Crippen LogP contribution is -2.35. The topological polar surface area (TPSA) is 109 Å². The molecule has 2 aliphatic carbocycles. The van der Waals surface area contributed by atoms with Crippen LogP contribution in [0, 0.1) is 11.3 Å². The molecule has 1 fully saturated rings. The van der Waals surface area contributed by atoms with E-state index in [0.29, 0.717) is 17.3 Å². The fraction of sp³-hybridized carbons (Fsp3) is 0.286. The number of hydrogen-bond donors (Lipinski definition) is 2. The third-order valence-corrected chi connectivity index (χ3v) is 5.00. The van der Waals surface area contributed by atoms with E-state index in [1.807, 2.05) is 12.1 Å². The predicted molar refractivity (Wildman–Crippen MR) is 101 cm³/mol. The van der Waals surface area contributed by atoms with Gasteiger partial charge < -0.3 is 15.3 Å². The highest BCUT2D eigenvalue weighted by Gasteiger charge is 2.26. The molecule has 27 heavy (non-hydrogen) atoms. The molecular weight excluding hydrogens is 340 g/mol. The molecule has 1 saturated carbocycles. The number of aromatic nitrogens is 2. The summed E-state index contributed by atoms with van der Waals surface area (Å²) in [7, 11) is 0. The molecule has 1 aromatic carbocycles. The van der Waals surface area contributed by atoms with Crippen molar-refractivity contribution >= 4 is 5.57 Å². The fourth-order valence-electron chi connectivity index (χ4n) is 3.56. The summed E-state index contributed by atoms with van der Waals surface area (Å²) in [4.78, 5) is 0. The van der Waals surface area contributed by atoms with Crippen LogP contribution in [0.2, 0.25) is 0 Å². The Labute approximate surface area is 157 Å². The van der Waals surface area contributed by atoms with Crippen LogP contribution in [0.15, 0.2) is 52.0 Å². The number of rotatable bonds is 2. The number of hydrogen-bond acceptors (Lipinski definition) is 6. The maximum absolute atomic E-state index is 9.65. The highest BCUT2D eigenvalue weighted by Crippen LogP contribution is 2.36. The lowest BCUT2D eigenvalue weighted by Gasteiger charge is -2.22. The van der Waals surface area contributed by atoms with Gasteiger partial charge in [-0.05, 0) is 63.0 Å². The van der Waals surface area contributed by atoms with Crippen molar-refractivity contribution in [2.45, 2.75) is 38.1 Å². The second kappa shape index (κ2) is 6.53. The largest absolute Gasteiger partial charge is 0.507 e. The number of benzene rings is 1. The summed E-state index contributed by atoms with van der Waals surface area (Å²) in [5.41, 5.74) is 10.4. The third kappa shape index (κ3) is 3.55. The predicted octanol–water partition coefficient (Wildman–Crippen LogP) is 3.86. The standard InChI is InChI=1S/C21H20N4O2/c1-21(23)7-6-13-2-3-15(9-14(8-13)11-21)19-24-25-20(27-19)16-4-5-18(26)17(10-16)12-22/h2-5,9-10,26H,6-8,11,23H2,1H3/t21-/m0/s1. The van der Waals surface area contributed by atoms with E-state index in [-0.39, 0.29) is 16.9 Å². The minimum atomic E-state index is -0.205. The molecule has 0 aliphatic heterocycles. The molecule has 0 unspecified atom stereocenters. The Morgan fingerprint density at radius 2 is 2.04 bits per heavy atom. The van der Waals surface area contributed by atoms with Gasteiger partial charge in [0.1, 0.15) is 11.8 Å². The van der Waals surface area contributed by atoms with Gasteiger partial charge in [0, 0.05) is 16.7 Å². The Bertz CT molecular complexity index is 1030. The number of phenolic OH excluding ortho intramolecular Hbond substituents is 1. The summed E-state index contributed by atoms with van der Waals surface area (Å²) in [5.74, 6) is 0.657. The van der Waals surface area contributed by atoms with E-state index in [9.17, 15) is 5.11 Å². The number of phenols is 1. The minimum Gasteiger partial charge on any atom is -0.507 e. The second-order valence-corrected chi connectivity index (χ2v) is 7.51. The van der Waals surface area contributed by atoms with Crippen LogP contribution in [0.5, 0.6) is 5.75 Å². The van der Waals surface area contributed by atoms with Crippen LogP contribution < -0.4 is 5.73 Å². The molecule has 1 heterocycles.